The lowest BCUT2D eigenvalue weighted by Gasteiger charge is -2.13. The second-order valence-corrected chi connectivity index (χ2v) is 5.14. The molecule has 0 radical (unpaired) electrons. The molecule has 21 heavy (non-hydrogen) atoms. The van der Waals surface area contributed by atoms with E-state index in [0.29, 0.717) is 15.7 Å². The summed E-state index contributed by atoms with van der Waals surface area (Å²) in [6, 6.07) is 14.5. The lowest BCUT2D eigenvalue weighted by Crippen LogP contribution is -2.43. The van der Waals surface area contributed by atoms with Crippen LogP contribution in [0.15, 0.2) is 48.5 Å². The summed E-state index contributed by atoms with van der Waals surface area (Å²) in [6.45, 7) is 1.97. The minimum absolute atomic E-state index is 0.296. The number of aryl methyl sites for hydroxylation is 1. The number of hydrogen-bond donors (Lipinski definition) is 3. The molecule has 0 saturated heterocycles. The van der Waals surface area contributed by atoms with Gasteiger partial charge in [-0.2, -0.15) is 0 Å². The van der Waals surface area contributed by atoms with E-state index in [4.69, 9.17) is 23.8 Å². The third-order valence-electron chi connectivity index (χ3n) is 2.80. The summed E-state index contributed by atoms with van der Waals surface area (Å²) >= 11 is 11.1. The molecule has 0 aliphatic rings. The Balaban J connectivity index is 1.91. The van der Waals surface area contributed by atoms with E-state index >= 15 is 0 Å². The van der Waals surface area contributed by atoms with Crippen LogP contribution in [-0.4, -0.2) is 11.0 Å². The molecule has 0 bridgehead atoms. The van der Waals surface area contributed by atoms with E-state index < -0.39 is 0 Å². The molecule has 2 aromatic carbocycles. The standard InChI is InChI=1S/C15H14ClN3OS/c1-10-6-2-5-9-13(10)17-15(21)19-18-14(20)11-7-3-4-8-12(11)16/h2-9H,1H3,(H,18,20)(H2,17,19,21). The fourth-order valence-corrected chi connectivity index (χ4v) is 2.08. The Hall–Kier alpha value is -2.11. The van der Waals surface area contributed by atoms with Crippen molar-refractivity contribution in [3.05, 3.63) is 64.7 Å². The number of benzene rings is 2. The average molecular weight is 320 g/mol. The van der Waals surface area contributed by atoms with Crippen LogP contribution in [0.4, 0.5) is 5.69 Å². The summed E-state index contributed by atoms with van der Waals surface area (Å²) in [5.74, 6) is -0.352. The van der Waals surface area contributed by atoms with Crippen LogP contribution in [0.5, 0.6) is 0 Å². The molecule has 0 fully saturated rings. The Morgan fingerprint density at radius 1 is 1.05 bits per heavy atom. The van der Waals surface area contributed by atoms with Crippen molar-refractivity contribution < 1.29 is 4.79 Å². The zero-order chi connectivity index (χ0) is 15.2. The molecule has 108 valence electrons. The largest absolute Gasteiger partial charge is 0.331 e. The minimum Gasteiger partial charge on any atom is -0.331 e. The molecule has 0 atom stereocenters. The van der Waals surface area contributed by atoms with Gasteiger partial charge in [-0.1, -0.05) is 41.9 Å². The summed E-state index contributed by atoms with van der Waals surface area (Å²) in [6.07, 6.45) is 0. The highest BCUT2D eigenvalue weighted by atomic mass is 35.5. The fourth-order valence-electron chi connectivity index (χ4n) is 1.69. The van der Waals surface area contributed by atoms with Gasteiger partial charge in [0.05, 0.1) is 10.6 Å². The van der Waals surface area contributed by atoms with E-state index in [0.717, 1.165) is 11.3 Å². The third-order valence-corrected chi connectivity index (χ3v) is 3.34. The van der Waals surface area contributed by atoms with Crippen LogP contribution >= 0.6 is 23.8 Å². The molecule has 2 rings (SSSR count). The quantitative estimate of drug-likeness (QED) is 0.587. The second-order valence-electron chi connectivity index (χ2n) is 4.33. The van der Waals surface area contributed by atoms with E-state index in [1.54, 1.807) is 24.3 Å². The Kier molecular flexibility index (Phi) is 5.14. The molecule has 0 heterocycles. The molecule has 0 saturated carbocycles. The summed E-state index contributed by atoms with van der Waals surface area (Å²) in [5, 5.41) is 3.68. The highest BCUT2D eigenvalue weighted by Crippen LogP contribution is 2.14. The van der Waals surface area contributed by atoms with Gasteiger partial charge in [-0.25, -0.2) is 0 Å². The number of anilines is 1. The molecule has 4 nitrogen and oxygen atoms in total. The van der Waals surface area contributed by atoms with Crippen molar-refractivity contribution in [3.8, 4) is 0 Å². The van der Waals surface area contributed by atoms with Crippen molar-refractivity contribution in [2.45, 2.75) is 6.92 Å². The summed E-state index contributed by atoms with van der Waals surface area (Å²) < 4.78 is 0. The lowest BCUT2D eigenvalue weighted by atomic mass is 10.2. The van der Waals surface area contributed by atoms with E-state index in [2.05, 4.69) is 16.2 Å². The van der Waals surface area contributed by atoms with Crippen LogP contribution in [0.2, 0.25) is 5.02 Å². The van der Waals surface area contributed by atoms with E-state index in [1.807, 2.05) is 31.2 Å². The maximum absolute atomic E-state index is 11.9. The number of thiocarbonyl (C=S) groups is 1. The van der Waals surface area contributed by atoms with Crippen molar-refractivity contribution in [3.63, 3.8) is 0 Å². The zero-order valence-electron chi connectivity index (χ0n) is 11.3. The maximum atomic E-state index is 11.9. The van der Waals surface area contributed by atoms with Crippen molar-refractivity contribution in [2.24, 2.45) is 0 Å². The predicted octanol–water partition coefficient (Wildman–Crippen LogP) is 3.28. The van der Waals surface area contributed by atoms with Crippen LogP contribution < -0.4 is 16.2 Å². The number of rotatable bonds is 2. The van der Waals surface area contributed by atoms with Crippen LogP contribution in [0.1, 0.15) is 15.9 Å². The monoisotopic (exact) mass is 319 g/mol. The van der Waals surface area contributed by atoms with Crippen LogP contribution in [-0.2, 0) is 0 Å². The molecule has 0 unspecified atom stereocenters. The van der Waals surface area contributed by atoms with Gasteiger partial charge in [0.15, 0.2) is 5.11 Å². The van der Waals surface area contributed by atoms with Crippen LogP contribution in [0.3, 0.4) is 0 Å². The Labute approximate surface area is 133 Å². The topological polar surface area (TPSA) is 53.2 Å². The molecule has 2 aromatic rings. The van der Waals surface area contributed by atoms with Crippen molar-refractivity contribution >= 4 is 40.5 Å². The summed E-state index contributed by atoms with van der Waals surface area (Å²) in [5.41, 5.74) is 7.46. The SMILES string of the molecule is Cc1ccccc1NC(=S)NNC(=O)c1ccccc1Cl. The van der Waals surface area contributed by atoms with Gasteiger partial charge in [0.25, 0.3) is 5.91 Å². The highest BCUT2D eigenvalue weighted by Gasteiger charge is 2.09. The van der Waals surface area contributed by atoms with Crippen LogP contribution in [0.25, 0.3) is 0 Å². The average Bonchev–Trinajstić information content (AvgIpc) is 2.48. The molecule has 0 spiro atoms. The third kappa shape index (κ3) is 4.18. The number of nitrogens with one attached hydrogen (secondary N) is 3. The molecule has 0 aromatic heterocycles. The smallest absolute Gasteiger partial charge is 0.271 e. The first-order chi connectivity index (χ1) is 10.1. The normalized spacial score (nSPS) is 9.81. The summed E-state index contributed by atoms with van der Waals surface area (Å²) in [4.78, 5) is 11.9. The molecular weight excluding hydrogens is 306 g/mol. The van der Waals surface area contributed by atoms with Gasteiger partial charge in [-0.3, -0.25) is 15.6 Å². The van der Waals surface area contributed by atoms with Gasteiger partial charge in [0, 0.05) is 5.69 Å². The first-order valence-electron chi connectivity index (χ1n) is 6.25. The van der Waals surface area contributed by atoms with E-state index in [1.165, 1.54) is 0 Å². The Morgan fingerprint density at radius 2 is 1.71 bits per heavy atom. The van der Waals surface area contributed by atoms with Crippen molar-refractivity contribution in [1.29, 1.82) is 0 Å². The van der Waals surface area contributed by atoms with Gasteiger partial charge in [0.2, 0.25) is 0 Å². The molecule has 1 amide bonds. The van der Waals surface area contributed by atoms with E-state index in [-0.39, 0.29) is 5.91 Å². The number of amides is 1. The van der Waals surface area contributed by atoms with Crippen LogP contribution in [0, 0.1) is 6.92 Å². The molecule has 3 N–H and O–H groups in total. The van der Waals surface area contributed by atoms with Gasteiger partial charge >= 0.3 is 0 Å². The molecule has 0 aliphatic carbocycles. The number of para-hydroxylation sites is 1. The highest BCUT2D eigenvalue weighted by molar-refractivity contribution is 7.80. The number of carbonyl (C=O) groups is 1. The van der Waals surface area contributed by atoms with Gasteiger partial charge in [-0.05, 0) is 42.9 Å². The molecule has 6 heteroatoms. The zero-order valence-corrected chi connectivity index (χ0v) is 12.9. The molecular formula is C15H14ClN3OS. The predicted molar refractivity (Wildman–Crippen MR) is 89.5 cm³/mol. The van der Waals surface area contributed by atoms with Crippen molar-refractivity contribution in [2.75, 3.05) is 5.32 Å². The number of carbonyl (C=O) groups excluding carboxylic acids is 1. The van der Waals surface area contributed by atoms with Gasteiger partial charge in [0.1, 0.15) is 0 Å². The number of hydrogen-bond acceptors (Lipinski definition) is 2. The van der Waals surface area contributed by atoms with Crippen molar-refractivity contribution in [1.82, 2.24) is 10.9 Å². The fraction of sp³-hybridized carbons (Fsp3) is 0.0667. The summed E-state index contributed by atoms with van der Waals surface area (Å²) in [7, 11) is 0. The van der Waals surface area contributed by atoms with Gasteiger partial charge in [-0.15, -0.1) is 0 Å². The number of hydrazine groups is 1. The van der Waals surface area contributed by atoms with Gasteiger partial charge < -0.3 is 5.32 Å². The lowest BCUT2D eigenvalue weighted by molar-refractivity contribution is 0.0944. The second kappa shape index (κ2) is 7.06. The minimum atomic E-state index is -0.352. The Morgan fingerprint density at radius 3 is 2.43 bits per heavy atom. The maximum Gasteiger partial charge on any atom is 0.271 e. The molecule has 0 aliphatic heterocycles. The first-order valence-corrected chi connectivity index (χ1v) is 7.04. The first kappa shape index (κ1) is 15.3. The Bertz CT molecular complexity index is 675. The van der Waals surface area contributed by atoms with E-state index in [9.17, 15) is 4.79 Å². The number of halogens is 1.